The predicted octanol–water partition coefficient (Wildman–Crippen LogP) is 3.47. The van der Waals surface area contributed by atoms with Crippen molar-refractivity contribution >= 4 is 16.6 Å². The molecule has 1 aliphatic rings. The number of piperazine rings is 1. The van der Waals surface area contributed by atoms with Crippen LogP contribution in [-0.2, 0) is 6.54 Å². The fraction of sp³-hybridized carbons (Fsp3) is 0.310. The van der Waals surface area contributed by atoms with Crippen molar-refractivity contribution in [2.75, 3.05) is 44.8 Å². The Morgan fingerprint density at radius 3 is 2.67 bits per heavy atom. The summed E-state index contributed by atoms with van der Waals surface area (Å²) in [5, 5.41) is 13.6. The maximum Gasteiger partial charge on any atom is 0.253 e. The minimum atomic E-state index is -0.478. The fourth-order valence-corrected chi connectivity index (χ4v) is 5.34. The number of nitrogens with one attached hydrogen (secondary N) is 1. The van der Waals surface area contributed by atoms with E-state index in [-0.39, 0.29) is 5.56 Å². The summed E-state index contributed by atoms with van der Waals surface area (Å²) in [5.74, 6) is 2.89. The van der Waals surface area contributed by atoms with Gasteiger partial charge in [0.1, 0.15) is 29.8 Å². The molecule has 0 saturated carbocycles. The van der Waals surface area contributed by atoms with E-state index in [1.807, 2.05) is 61.5 Å². The van der Waals surface area contributed by atoms with Gasteiger partial charge in [0.05, 0.1) is 25.7 Å². The Hall–Kier alpha value is -4.64. The number of tetrazole rings is 1. The number of benzene rings is 2. The van der Waals surface area contributed by atoms with Crippen LogP contribution in [0.5, 0.6) is 11.5 Å². The van der Waals surface area contributed by atoms with Crippen LogP contribution in [0.4, 0.5) is 5.69 Å². The van der Waals surface area contributed by atoms with Crippen LogP contribution in [0.1, 0.15) is 30.1 Å². The van der Waals surface area contributed by atoms with Crippen LogP contribution in [0.3, 0.4) is 0 Å². The van der Waals surface area contributed by atoms with E-state index in [0.29, 0.717) is 37.6 Å². The highest BCUT2D eigenvalue weighted by Gasteiger charge is 2.33. The smallest absolute Gasteiger partial charge is 0.253 e. The Balaban J connectivity index is 1.38. The van der Waals surface area contributed by atoms with Crippen molar-refractivity contribution in [2.45, 2.75) is 19.5 Å². The van der Waals surface area contributed by atoms with Crippen LogP contribution in [0.2, 0.25) is 0 Å². The normalized spacial score (nSPS) is 14.9. The molecule has 40 heavy (non-hydrogen) atoms. The number of aromatic nitrogens is 5. The molecule has 11 nitrogen and oxygen atoms in total. The van der Waals surface area contributed by atoms with Crippen molar-refractivity contribution in [1.82, 2.24) is 30.1 Å². The van der Waals surface area contributed by atoms with Crippen LogP contribution in [-0.4, -0.2) is 70.0 Å². The highest BCUT2D eigenvalue weighted by atomic mass is 16.5. The zero-order chi connectivity index (χ0) is 27.5. The maximum absolute atomic E-state index is 13.6. The number of H-pyrrole nitrogens is 1. The van der Waals surface area contributed by atoms with E-state index in [1.165, 1.54) is 0 Å². The Bertz CT molecular complexity index is 1640. The summed E-state index contributed by atoms with van der Waals surface area (Å²) in [7, 11) is 1.69. The van der Waals surface area contributed by atoms with E-state index in [9.17, 15) is 4.79 Å². The van der Waals surface area contributed by atoms with Crippen molar-refractivity contribution < 1.29 is 13.9 Å². The first-order chi connectivity index (χ1) is 19.6. The Labute approximate surface area is 230 Å². The van der Waals surface area contributed by atoms with Crippen molar-refractivity contribution in [3.63, 3.8) is 0 Å². The molecule has 2 aromatic carbocycles. The zero-order valence-corrected chi connectivity index (χ0v) is 22.5. The van der Waals surface area contributed by atoms with Gasteiger partial charge >= 0.3 is 0 Å². The van der Waals surface area contributed by atoms with Crippen LogP contribution in [0.15, 0.2) is 76.1 Å². The van der Waals surface area contributed by atoms with Crippen LogP contribution in [0, 0.1) is 0 Å². The summed E-state index contributed by atoms with van der Waals surface area (Å²) in [6, 6.07) is 18.9. The maximum atomic E-state index is 13.6. The summed E-state index contributed by atoms with van der Waals surface area (Å²) < 4.78 is 18.6. The van der Waals surface area contributed by atoms with Gasteiger partial charge in [-0.3, -0.25) is 9.69 Å². The number of nitrogens with zero attached hydrogens (tertiary/aromatic N) is 6. The average molecular weight is 542 g/mol. The van der Waals surface area contributed by atoms with Crippen molar-refractivity contribution in [3.05, 3.63) is 94.4 Å². The number of hydrogen-bond acceptors (Lipinski definition) is 9. The van der Waals surface area contributed by atoms with Gasteiger partial charge in [-0.05, 0) is 65.9 Å². The molecule has 1 unspecified atom stereocenters. The molecule has 3 aromatic heterocycles. The number of furan rings is 1. The minimum absolute atomic E-state index is 0.179. The number of methoxy groups -OCH3 is 1. The molecule has 11 heteroatoms. The molecule has 0 amide bonds. The lowest BCUT2D eigenvalue weighted by molar-refractivity contribution is 0.199. The van der Waals surface area contributed by atoms with Gasteiger partial charge in [0.25, 0.3) is 5.56 Å². The number of para-hydroxylation sites is 2. The molecular weight excluding hydrogens is 510 g/mol. The molecule has 1 saturated heterocycles. The third kappa shape index (κ3) is 5.03. The number of fused-ring (bicyclic) bond motifs is 1. The van der Waals surface area contributed by atoms with E-state index in [0.717, 1.165) is 46.9 Å². The van der Waals surface area contributed by atoms with Gasteiger partial charge in [0.2, 0.25) is 0 Å². The third-order valence-electron chi connectivity index (χ3n) is 7.25. The molecule has 1 atom stereocenters. The first kappa shape index (κ1) is 25.6. The molecule has 0 aliphatic carbocycles. The van der Waals surface area contributed by atoms with Crippen molar-refractivity contribution in [3.8, 4) is 11.5 Å². The molecule has 5 aromatic rings. The summed E-state index contributed by atoms with van der Waals surface area (Å²) in [6.07, 6.45) is 1.62. The highest BCUT2D eigenvalue weighted by Crippen LogP contribution is 2.32. The van der Waals surface area contributed by atoms with Gasteiger partial charge < -0.3 is 23.8 Å². The van der Waals surface area contributed by atoms with Gasteiger partial charge in [0, 0.05) is 42.6 Å². The quantitative estimate of drug-likeness (QED) is 0.300. The first-order valence-electron chi connectivity index (χ1n) is 13.3. The van der Waals surface area contributed by atoms with Crippen molar-refractivity contribution in [2.24, 2.45) is 0 Å². The summed E-state index contributed by atoms with van der Waals surface area (Å²) in [4.78, 5) is 21.2. The Morgan fingerprint density at radius 2 is 1.90 bits per heavy atom. The molecule has 4 heterocycles. The average Bonchev–Trinajstić information content (AvgIpc) is 3.67. The molecular formula is C29H31N7O4. The Morgan fingerprint density at radius 1 is 1.05 bits per heavy atom. The van der Waals surface area contributed by atoms with E-state index < -0.39 is 6.04 Å². The lowest BCUT2D eigenvalue weighted by Gasteiger charge is -2.40. The molecule has 1 aliphatic heterocycles. The van der Waals surface area contributed by atoms with Crippen LogP contribution >= 0.6 is 0 Å². The van der Waals surface area contributed by atoms with Gasteiger partial charge in [0.15, 0.2) is 5.82 Å². The van der Waals surface area contributed by atoms with Crippen LogP contribution in [0.25, 0.3) is 10.9 Å². The van der Waals surface area contributed by atoms with Gasteiger partial charge in [-0.1, -0.05) is 12.1 Å². The SMILES string of the molecule is CCOc1ccc2[nH]c(=O)c(C(c3nnnn3Cc3ccco3)N3CCN(c4ccccc4OC)CC3)cc2c1. The number of hydrogen-bond donors (Lipinski definition) is 1. The molecule has 0 bridgehead atoms. The second-order valence-corrected chi connectivity index (χ2v) is 9.61. The largest absolute Gasteiger partial charge is 0.495 e. The fourth-order valence-electron chi connectivity index (χ4n) is 5.34. The molecule has 0 spiro atoms. The number of rotatable bonds is 9. The van der Waals surface area contributed by atoms with E-state index in [1.54, 1.807) is 18.1 Å². The summed E-state index contributed by atoms with van der Waals surface area (Å²) >= 11 is 0. The zero-order valence-electron chi connectivity index (χ0n) is 22.5. The first-order valence-corrected chi connectivity index (χ1v) is 13.3. The van der Waals surface area contributed by atoms with E-state index in [2.05, 4.69) is 36.4 Å². The number of aromatic amines is 1. The predicted molar refractivity (Wildman–Crippen MR) is 150 cm³/mol. The lowest BCUT2D eigenvalue weighted by Crippen LogP contribution is -2.49. The second-order valence-electron chi connectivity index (χ2n) is 9.61. The topological polar surface area (TPSA) is 115 Å². The van der Waals surface area contributed by atoms with Crippen molar-refractivity contribution in [1.29, 1.82) is 0 Å². The number of pyridine rings is 1. The molecule has 0 radical (unpaired) electrons. The number of ether oxygens (including phenoxy) is 2. The lowest BCUT2D eigenvalue weighted by atomic mass is 10.0. The van der Waals surface area contributed by atoms with Gasteiger partial charge in [-0.15, -0.1) is 5.10 Å². The molecule has 1 N–H and O–H groups in total. The molecule has 1 fully saturated rings. The number of anilines is 1. The third-order valence-corrected chi connectivity index (χ3v) is 7.25. The highest BCUT2D eigenvalue weighted by molar-refractivity contribution is 5.80. The van der Waals surface area contributed by atoms with Gasteiger partial charge in [-0.2, -0.15) is 0 Å². The Kier molecular flexibility index (Phi) is 7.19. The monoisotopic (exact) mass is 541 g/mol. The summed E-state index contributed by atoms with van der Waals surface area (Å²) in [6.45, 7) is 5.73. The summed E-state index contributed by atoms with van der Waals surface area (Å²) in [5.41, 5.74) is 2.19. The molecule has 206 valence electrons. The standard InChI is InChI=1S/C29H31N7O4/c1-3-39-21-10-11-24-20(17-21)18-23(29(37)30-24)27(28-31-32-33-36(28)19-22-7-6-16-40-22)35-14-12-34(13-15-35)25-8-4-5-9-26(25)38-2/h4-11,16-18,27H,3,12-15,19H2,1-2H3,(H,30,37). The van der Waals surface area contributed by atoms with E-state index in [4.69, 9.17) is 13.9 Å². The van der Waals surface area contributed by atoms with Gasteiger partial charge in [-0.25, -0.2) is 4.68 Å². The van der Waals surface area contributed by atoms with E-state index >= 15 is 0 Å². The molecule has 6 rings (SSSR count). The minimum Gasteiger partial charge on any atom is -0.495 e. The second kappa shape index (κ2) is 11.2. The van der Waals surface area contributed by atoms with Crippen LogP contribution < -0.4 is 19.9 Å².